The molecule has 112 valence electrons. The zero-order valence-corrected chi connectivity index (χ0v) is 11.9. The molecule has 0 aliphatic carbocycles. The van der Waals surface area contributed by atoms with Gasteiger partial charge in [0.2, 0.25) is 11.6 Å². The van der Waals surface area contributed by atoms with Crippen molar-refractivity contribution in [3.05, 3.63) is 18.3 Å². The van der Waals surface area contributed by atoms with Crippen LogP contribution in [0.4, 0.5) is 6.01 Å². The molecule has 3 rings (SSSR count). The number of anilines is 1. The summed E-state index contributed by atoms with van der Waals surface area (Å²) in [5.74, 6) is -0.0676. The van der Waals surface area contributed by atoms with Gasteiger partial charge in [0, 0.05) is 32.4 Å². The molecule has 0 atom stereocenters. The number of pyridine rings is 1. The van der Waals surface area contributed by atoms with E-state index in [1.807, 2.05) is 12.1 Å². The third-order valence-electron chi connectivity index (χ3n) is 3.56. The summed E-state index contributed by atoms with van der Waals surface area (Å²) in [5, 5.41) is 2.96. The van der Waals surface area contributed by atoms with Gasteiger partial charge in [-0.15, -0.1) is 0 Å². The average molecular weight is 290 g/mol. The van der Waals surface area contributed by atoms with Crippen LogP contribution in [0.25, 0.3) is 11.2 Å². The summed E-state index contributed by atoms with van der Waals surface area (Å²) in [4.78, 5) is 22.1. The van der Waals surface area contributed by atoms with Crippen LogP contribution in [0, 0.1) is 0 Å². The van der Waals surface area contributed by atoms with Crippen LogP contribution in [0.1, 0.15) is 12.8 Å². The first-order valence-corrected chi connectivity index (χ1v) is 7.01. The number of fused-ring (bicyclic) bond motifs is 1. The molecule has 1 fully saturated rings. The Kier molecular flexibility index (Phi) is 4.01. The van der Waals surface area contributed by atoms with Gasteiger partial charge in [0.25, 0.3) is 6.01 Å². The van der Waals surface area contributed by atoms with Gasteiger partial charge in [0.15, 0.2) is 5.58 Å². The molecule has 0 aromatic carbocycles. The molecule has 0 spiro atoms. The number of ether oxygens (including phenoxy) is 1. The Morgan fingerprint density at radius 1 is 1.52 bits per heavy atom. The molecule has 0 bridgehead atoms. The second-order valence-electron chi connectivity index (χ2n) is 5.08. The molecule has 2 aromatic heterocycles. The maximum Gasteiger partial charge on any atom is 0.299 e. The van der Waals surface area contributed by atoms with Crippen LogP contribution >= 0.6 is 0 Å². The van der Waals surface area contributed by atoms with Crippen molar-refractivity contribution in [2.75, 3.05) is 31.7 Å². The number of nitrogens with zero attached hydrogens (tertiary/aromatic N) is 3. The topological polar surface area (TPSA) is 80.5 Å². The highest BCUT2D eigenvalue weighted by molar-refractivity contribution is 5.77. The second kappa shape index (κ2) is 6.09. The van der Waals surface area contributed by atoms with Crippen LogP contribution < -0.4 is 10.2 Å². The number of oxazole rings is 1. The van der Waals surface area contributed by atoms with E-state index in [1.165, 1.54) is 7.11 Å². The number of rotatable bonds is 4. The minimum Gasteiger partial charge on any atom is -0.422 e. The molecule has 3 heterocycles. The van der Waals surface area contributed by atoms with Crippen molar-refractivity contribution in [1.82, 2.24) is 15.3 Å². The summed E-state index contributed by atoms with van der Waals surface area (Å²) in [6.07, 6.45) is 3.43. The monoisotopic (exact) mass is 290 g/mol. The van der Waals surface area contributed by atoms with E-state index in [0.717, 1.165) is 25.9 Å². The molecule has 2 aromatic rings. The number of carbonyl (C=O) groups is 1. The van der Waals surface area contributed by atoms with Crippen LogP contribution in [-0.4, -0.2) is 48.7 Å². The Morgan fingerprint density at radius 2 is 2.33 bits per heavy atom. The minimum atomic E-state index is -0.0676. The van der Waals surface area contributed by atoms with Crippen LogP contribution in [0.3, 0.4) is 0 Å². The normalized spacial score (nSPS) is 16.3. The second-order valence-corrected chi connectivity index (χ2v) is 5.08. The van der Waals surface area contributed by atoms with Crippen LogP contribution in [-0.2, 0) is 9.53 Å². The molecular weight excluding hydrogens is 272 g/mol. The molecule has 1 aliphatic heterocycles. The molecule has 21 heavy (non-hydrogen) atoms. The number of methoxy groups -OCH3 is 1. The van der Waals surface area contributed by atoms with E-state index in [2.05, 4.69) is 20.2 Å². The van der Waals surface area contributed by atoms with Gasteiger partial charge in [0.1, 0.15) is 6.61 Å². The van der Waals surface area contributed by atoms with Crippen molar-refractivity contribution in [3.63, 3.8) is 0 Å². The summed E-state index contributed by atoms with van der Waals surface area (Å²) < 4.78 is 10.5. The van der Waals surface area contributed by atoms with E-state index in [4.69, 9.17) is 9.15 Å². The molecule has 7 nitrogen and oxygen atoms in total. The van der Waals surface area contributed by atoms with Gasteiger partial charge in [-0.25, -0.2) is 4.98 Å². The van der Waals surface area contributed by atoms with Crippen molar-refractivity contribution in [2.45, 2.75) is 18.9 Å². The zero-order valence-electron chi connectivity index (χ0n) is 11.9. The van der Waals surface area contributed by atoms with Crippen molar-refractivity contribution >= 4 is 23.2 Å². The van der Waals surface area contributed by atoms with Crippen LogP contribution in [0.15, 0.2) is 22.7 Å². The van der Waals surface area contributed by atoms with Crippen molar-refractivity contribution in [3.8, 4) is 0 Å². The van der Waals surface area contributed by atoms with Gasteiger partial charge < -0.3 is 19.4 Å². The summed E-state index contributed by atoms with van der Waals surface area (Å²) in [6, 6.07) is 4.47. The highest BCUT2D eigenvalue weighted by atomic mass is 16.5. The fraction of sp³-hybridized carbons (Fsp3) is 0.500. The minimum absolute atomic E-state index is 0.0676. The molecule has 1 aliphatic rings. The van der Waals surface area contributed by atoms with Gasteiger partial charge >= 0.3 is 0 Å². The highest BCUT2D eigenvalue weighted by Gasteiger charge is 2.23. The Balaban J connectivity index is 1.59. The third-order valence-corrected chi connectivity index (χ3v) is 3.56. The molecule has 1 saturated heterocycles. The van der Waals surface area contributed by atoms with E-state index in [-0.39, 0.29) is 18.6 Å². The van der Waals surface area contributed by atoms with Gasteiger partial charge in [-0.05, 0) is 25.0 Å². The first-order chi connectivity index (χ1) is 10.3. The van der Waals surface area contributed by atoms with E-state index < -0.39 is 0 Å². The molecule has 0 radical (unpaired) electrons. The third kappa shape index (κ3) is 3.13. The quantitative estimate of drug-likeness (QED) is 0.903. The maximum absolute atomic E-state index is 11.5. The van der Waals surface area contributed by atoms with E-state index in [0.29, 0.717) is 17.2 Å². The number of nitrogens with one attached hydrogen (secondary N) is 1. The summed E-state index contributed by atoms with van der Waals surface area (Å²) in [5.41, 5.74) is 1.33. The lowest BCUT2D eigenvalue weighted by Crippen LogP contribution is -2.45. The van der Waals surface area contributed by atoms with Crippen LogP contribution in [0.2, 0.25) is 0 Å². The lowest BCUT2D eigenvalue weighted by molar-refractivity contribution is -0.125. The zero-order chi connectivity index (χ0) is 14.7. The number of aromatic nitrogens is 2. The molecule has 0 saturated carbocycles. The van der Waals surface area contributed by atoms with Crippen LogP contribution in [0.5, 0.6) is 0 Å². The first-order valence-electron chi connectivity index (χ1n) is 7.01. The molecule has 0 unspecified atom stereocenters. The van der Waals surface area contributed by atoms with E-state index in [9.17, 15) is 4.79 Å². The summed E-state index contributed by atoms with van der Waals surface area (Å²) in [6.45, 7) is 1.70. The van der Waals surface area contributed by atoms with Crippen molar-refractivity contribution in [1.29, 1.82) is 0 Å². The Labute approximate surface area is 122 Å². The van der Waals surface area contributed by atoms with Gasteiger partial charge in [-0.3, -0.25) is 4.79 Å². The fourth-order valence-corrected chi connectivity index (χ4v) is 2.51. The molecule has 1 amide bonds. The Hall–Kier alpha value is -2.15. The summed E-state index contributed by atoms with van der Waals surface area (Å²) >= 11 is 0. The van der Waals surface area contributed by atoms with Crippen molar-refractivity contribution in [2.24, 2.45) is 0 Å². The standard InChI is InChI=1S/C14H18N4O3/c1-20-9-12(19)16-10-4-7-18(8-5-10)14-17-13-11(21-14)3-2-6-15-13/h2-3,6,10H,4-5,7-9H2,1H3,(H,16,19). The fourth-order valence-electron chi connectivity index (χ4n) is 2.51. The lowest BCUT2D eigenvalue weighted by atomic mass is 10.1. The number of hydrogen-bond acceptors (Lipinski definition) is 6. The Morgan fingerprint density at radius 3 is 3.05 bits per heavy atom. The van der Waals surface area contributed by atoms with E-state index >= 15 is 0 Å². The number of hydrogen-bond donors (Lipinski definition) is 1. The summed E-state index contributed by atoms with van der Waals surface area (Å²) in [7, 11) is 1.52. The SMILES string of the molecule is COCC(=O)NC1CCN(c2nc3ncccc3o2)CC1. The van der Waals surface area contributed by atoms with E-state index in [1.54, 1.807) is 6.20 Å². The maximum atomic E-state index is 11.5. The molecular formula is C14H18N4O3. The van der Waals surface area contributed by atoms with Gasteiger partial charge in [-0.1, -0.05) is 0 Å². The average Bonchev–Trinajstić information content (AvgIpc) is 2.92. The Bertz CT molecular complexity index is 586. The lowest BCUT2D eigenvalue weighted by Gasteiger charge is -2.31. The first kappa shape index (κ1) is 13.8. The van der Waals surface area contributed by atoms with Crippen molar-refractivity contribution < 1.29 is 13.9 Å². The number of piperidine rings is 1. The highest BCUT2D eigenvalue weighted by Crippen LogP contribution is 2.23. The molecule has 7 heteroatoms. The predicted molar refractivity (Wildman–Crippen MR) is 77.1 cm³/mol. The smallest absolute Gasteiger partial charge is 0.299 e. The largest absolute Gasteiger partial charge is 0.422 e. The number of carbonyl (C=O) groups excluding carboxylic acids is 1. The predicted octanol–water partition coefficient (Wildman–Crippen LogP) is 0.954. The number of amides is 1. The molecule has 1 N–H and O–H groups in total. The van der Waals surface area contributed by atoms with Gasteiger partial charge in [0.05, 0.1) is 0 Å². The van der Waals surface area contributed by atoms with Gasteiger partial charge in [-0.2, -0.15) is 4.98 Å².